The van der Waals surface area contributed by atoms with Gasteiger partial charge in [0, 0.05) is 6.20 Å². The highest BCUT2D eigenvalue weighted by Gasteiger charge is 2.16. The summed E-state index contributed by atoms with van der Waals surface area (Å²) in [6.45, 7) is 3.68. The van der Waals surface area contributed by atoms with Gasteiger partial charge in [0.15, 0.2) is 0 Å². The van der Waals surface area contributed by atoms with E-state index in [2.05, 4.69) is 15.1 Å². The molecule has 0 N–H and O–H groups in total. The lowest BCUT2D eigenvalue weighted by Crippen LogP contribution is -2.25. The number of nitrogens with zero attached hydrogens (tertiary/aromatic N) is 5. The molecule has 0 aliphatic carbocycles. The van der Waals surface area contributed by atoms with Gasteiger partial charge in [-0.15, -0.1) is 0 Å². The number of pyridine rings is 1. The van der Waals surface area contributed by atoms with Gasteiger partial charge >= 0.3 is 0 Å². The molecule has 0 saturated carbocycles. The fraction of sp³-hybridized carbons (Fsp3) is 0.176. The Morgan fingerprint density at radius 1 is 1.17 bits per heavy atom. The van der Waals surface area contributed by atoms with Crippen molar-refractivity contribution >= 4 is 16.7 Å². The van der Waals surface area contributed by atoms with E-state index in [1.54, 1.807) is 34.3 Å². The van der Waals surface area contributed by atoms with E-state index >= 15 is 0 Å². The zero-order valence-electron chi connectivity index (χ0n) is 13.1. The Balaban J connectivity index is 1.95. The Morgan fingerprint density at radius 2 is 1.92 bits per heavy atom. The minimum atomic E-state index is -0.301. The van der Waals surface area contributed by atoms with E-state index in [9.17, 15) is 9.18 Å². The molecule has 1 unspecified atom stereocenters. The van der Waals surface area contributed by atoms with E-state index in [0.717, 1.165) is 5.56 Å². The van der Waals surface area contributed by atoms with E-state index in [4.69, 9.17) is 0 Å². The average Bonchev–Trinajstić information content (AvgIpc) is 3.03. The molecule has 0 amide bonds. The third kappa shape index (κ3) is 2.09. The summed E-state index contributed by atoms with van der Waals surface area (Å²) >= 11 is 0. The molecule has 7 heteroatoms. The van der Waals surface area contributed by atoms with Crippen molar-refractivity contribution in [1.29, 1.82) is 0 Å². The van der Waals surface area contributed by atoms with Crippen molar-refractivity contribution in [3.05, 3.63) is 70.3 Å². The van der Waals surface area contributed by atoms with Crippen molar-refractivity contribution in [3.63, 3.8) is 0 Å². The minimum Gasteiger partial charge on any atom is -0.308 e. The van der Waals surface area contributed by atoms with Crippen molar-refractivity contribution in [1.82, 2.24) is 24.1 Å². The lowest BCUT2D eigenvalue weighted by atomic mass is 10.1. The molecule has 1 aromatic carbocycles. The molecule has 0 fully saturated rings. The van der Waals surface area contributed by atoms with Crippen LogP contribution in [0.5, 0.6) is 0 Å². The maximum absolute atomic E-state index is 13.1. The van der Waals surface area contributed by atoms with Crippen LogP contribution in [0.1, 0.15) is 24.2 Å². The van der Waals surface area contributed by atoms with Gasteiger partial charge in [-0.1, -0.05) is 12.1 Å². The molecule has 3 heterocycles. The van der Waals surface area contributed by atoms with E-state index in [1.807, 2.05) is 13.0 Å². The fourth-order valence-corrected chi connectivity index (χ4v) is 2.95. The van der Waals surface area contributed by atoms with Crippen molar-refractivity contribution in [3.8, 4) is 0 Å². The highest BCUT2D eigenvalue weighted by atomic mass is 19.1. The molecule has 0 bridgehead atoms. The van der Waals surface area contributed by atoms with Crippen molar-refractivity contribution in [2.24, 2.45) is 0 Å². The van der Waals surface area contributed by atoms with E-state index in [-0.39, 0.29) is 17.4 Å². The van der Waals surface area contributed by atoms with Crippen LogP contribution >= 0.6 is 0 Å². The second kappa shape index (κ2) is 5.23. The predicted molar refractivity (Wildman–Crippen MR) is 87.5 cm³/mol. The number of fused-ring (bicyclic) bond motifs is 3. The van der Waals surface area contributed by atoms with Gasteiger partial charge < -0.3 is 4.57 Å². The molecule has 1 atom stereocenters. The molecule has 0 aliphatic rings. The Morgan fingerprint density at radius 3 is 2.67 bits per heavy atom. The van der Waals surface area contributed by atoms with Gasteiger partial charge in [-0.3, -0.25) is 4.79 Å². The van der Waals surface area contributed by atoms with Gasteiger partial charge in [0.2, 0.25) is 0 Å². The zero-order chi connectivity index (χ0) is 16.8. The molecule has 3 aromatic heterocycles. The molecular weight excluding hydrogens is 309 g/mol. The maximum Gasteiger partial charge on any atom is 0.262 e. The van der Waals surface area contributed by atoms with Gasteiger partial charge in [0.1, 0.15) is 12.1 Å². The van der Waals surface area contributed by atoms with E-state index < -0.39 is 0 Å². The standard InChI is InChI=1S/C17H14FN5O/c1-10-15-14(23-17(21-10)19-9-20-23)7-8-22(16(15)24)11(2)12-3-5-13(18)6-4-12/h3-9,11H,1-2H3. The molecule has 0 radical (unpaired) electrons. The number of halogens is 1. The first-order chi connectivity index (χ1) is 11.6. The number of aromatic nitrogens is 5. The summed E-state index contributed by atoms with van der Waals surface area (Å²) in [6.07, 6.45) is 3.13. The molecule has 0 aliphatic heterocycles. The summed E-state index contributed by atoms with van der Waals surface area (Å²) in [5.41, 5.74) is 1.97. The number of aryl methyl sites for hydroxylation is 1. The number of benzene rings is 1. The van der Waals surface area contributed by atoms with Crippen LogP contribution in [0.4, 0.5) is 4.39 Å². The number of hydrogen-bond donors (Lipinski definition) is 0. The average molecular weight is 323 g/mol. The first kappa shape index (κ1) is 14.5. The van der Waals surface area contributed by atoms with Crippen LogP contribution in [0.3, 0.4) is 0 Å². The molecule has 0 spiro atoms. The highest BCUT2D eigenvalue weighted by Crippen LogP contribution is 2.19. The highest BCUT2D eigenvalue weighted by molar-refractivity contribution is 5.81. The third-order valence-corrected chi connectivity index (χ3v) is 4.25. The second-order valence-electron chi connectivity index (χ2n) is 5.68. The maximum atomic E-state index is 13.1. The summed E-state index contributed by atoms with van der Waals surface area (Å²) in [5.74, 6) is 0.161. The number of hydrogen-bond acceptors (Lipinski definition) is 4. The van der Waals surface area contributed by atoms with Crippen LogP contribution in [0.2, 0.25) is 0 Å². The predicted octanol–water partition coefficient (Wildman–Crippen LogP) is 2.50. The van der Waals surface area contributed by atoms with Gasteiger partial charge in [-0.2, -0.15) is 14.6 Å². The van der Waals surface area contributed by atoms with Crippen molar-refractivity contribution in [2.45, 2.75) is 19.9 Å². The second-order valence-corrected chi connectivity index (χ2v) is 5.68. The Hall–Kier alpha value is -3.09. The van der Waals surface area contributed by atoms with Crippen molar-refractivity contribution < 1.29 is 4.39 Å². The monoisotopic (exact) mass is 323 g/mol. The Labute approximate surface area is 136 Å². The largest absolute Gasteiger partial charge is 0.308 e. The van der Waals surface area contributed by atoms with Crippen LogP contribution in [-0.4, -0.2) is 24.1 Å². The molecule has 24 heavy (non-hydrogen) atoms. The van der Waals surface area contributed by atoms with Crippen LogP contribution in [0, 0.1) is 12.7 Å². The van der Waals surface area contributed by atoms with Crippen LogP contribution in [0.15, 0.2) is 47.7 Å². The summed E-state index contributed by atoms with van der Waals surface area (Å²) in [4.78, 5) is 21.4. The first-order valence-electron chi connectivity index (χ1n) is 7.53. The van der Waals surface area contributed by atoms with Crippen LogP contribution in [0.25, 0.3) is 16.7 Å². The molecule has 4 aromatic rings. The van der Waals surface area contributed by atoms with E-state index in [0.29, 0.717) is 22.4 Å². The molecule has 0 saturated heterocycles. The zero-order valence-corrected chi connectivity index (χ0v) is 13.1. The molecule has 4 rings (SSSR count). The molecule has 6 nitrogen and oxygen atoms in total. The topological polar surface area (TPSA) is 65.1 Å². The summed E-state index contributed by atoms with van der Waals surface area (Å²) in [6, 6.07) is 7.75. The van der Waals surface area contributed by atoms with Crippen LogP contribution in [-0.2, 0) is 0 Å². The van der Waals surface area contributed by atoms with Gasteiger partial charge in [0.05, 0.1) is 22.6 Å². The molecular formula is C17H14FN5O. The normalized spacial score (nSPS) is 12.8. The Bertz CT molecular complexity index is 1110. The number of rotatable bonds is 2. The van der Waals surface area contributed by atoms with Crippen molar-refractivity contribution in [2.75, 3.05) is 0 Å². The quantitative estimate of drug-likeness (QED) is 0.568. The minimum absolute atomic E-state index is 0.160. The first-order valence-corrected chi connectivity index (χ1v) is 7.53. The molecule has 120 valence electrons. The van der Waals surface area contributed by atoms with Gasteiger partial charge in [0.25, 0.3) is 11.3 Å². The Kier molecular flexibility index (Phi) is 3.16. The third-order valence-electron chi connectivity index (χ3n) is 4.25. The van der Waals surface area contributed by atoms with Gasteiger partial charge in [-0.25, -0.2) is 9.37 Å². The SMILES string of the molecule is Cc1nc2ncnn2c2ccn(C(C)c3ccc(F)cc3)c(=O)c12. The van der Waals surface area contributed by atoms with E-state index in [1.165, 1.54) is 18.5 Å². The lowest BCUT2D eigenvalue weighted by molar-refractivity contribution is 0.606. The summed E-state index contributed by atoms with van der Waals surface area (Å²) in [5, 5.41) is 4.63. The fourth-order valence-electron chi connectivity index (χ4n) is 2.95. The summed E-state index contributed by atoms with van der Waals surface area (Å²) < 4.78 is 16.3. The summed E-state index contributed by atoms with van der Waals surface area (Å²) in [7, 11) is 0. The smallest absolute Gasteiger partial charge is 0.262 e. The van der Waals surface area contributed by atoms with Crippen LogP contribution < -0.4 is 5.56 Å². The lowest BCUT2D eigenvalue weighted by Gasteiger charge is -2.17. The van der Waals surface area contributed by atoms with Gasteiger partial charge in [-0.05, 0) is 37.6 Å².